The molecule has 4 N–H and O–H groups in total. The van der Waals surface area contributed by atoms with Crippen molar-refractivity contribution in [2.45, 2.75) is 161 Å². The van der Waals surface area contributed by atoms with Gasteiger partial charge in [0, 0.05) is 42.1 Å². The van der Waals surface area contributed by atoms with E-state index in [4.69, 9.17) is 43.4 Å². The minimum Gasteiger partial charge on any atom is -0.502 e. The van der Waals surface area contributed by atoms with Crippen molar-refractivity contribution in [3.63, 3.8) is 0 Å². The number of amides is 2. The van der Waals surface area contributed by atoms with E-state index in [1.807, 2.05) is 101 Å². The number of aliphatic hydroxyl groups excluding tert-OH is 1. The molecule has 0 aromatic heterocycles. The number of nitrogens with zero attached hydrogens (tertiary/aromatic N) is 2. The Balaban J connectivity index is 0.000000288. The Labute approximate surface area is 498 Å². The van der Waals surface area contributed by atoms with Gasteiger partial charge < -0.3 is 34.4 Å². The van der Waals surface area contributed by atoms with Gasteiger partial charge in [0.05, 0.1) is 18.8 Å². The van der Waals surface area contributed by atoms with E-state index in [1.165, 1.54) is 44.8 Å². The van der Waals surface area contributed by atoms with E-state index in [2.05, 4.69) is 125 Å². The van der Waals surface area contributed by atoms with E-state index >= 15 is 0 Å². The molecule has 2 amide bonds. The molecular formula is C66H92Cl2N4O8Ru. The zero-order chi connectivity index (χ0) is 60.2. The van der Waals surface area contributed by atoms with Crippen molar-refractivity contribution in [2.75, 3.05) is 36.0 Å². The van der Waals surface area contributed by atoms with Crippen LogP contribution in [0.1, 0.15) is 148 Å². The first-order chi connectivity index (χ1) is 38.5. The van der Waals surface area contributed by atoms with Crippen LogP contribution in [0.15, 0.2) is 92.0 Å². The summed E-state index contributed by atoms with van der Waals surface area (Å²) in [5.41, 5.74) is 16.2. The SMILES string of the molecule is C=Cc1cc(CO)ccc1OC(C)C.C=Cc1cc(COC(=O)NCCCC)ccc1OC(C)C.CCCCNC(=O)OCc1ccc([OH+]C(C)C)c([CH]=[Ru]([Cl])[Cl])c1.Cc1cc(C)c(N2[CH-]N(c3c(C)cc(C)cc3C)CC2)c(C)c1. The average Bonchev–Trinajstić information content (AvgIpc) is 4.03. The number of aryl methyl sites for hydroxylation is 6. The second-order valence-electron chi connectivity index (χ2n) is 20.8. The Morgan fingerprint density at radius 2 is 1.04 bits per heavy atom. The first kappa shape index (κ1) is 69.4. The summed E-state index contributed by atoms with van der Waals surface area (Å²) in [4.78, 5) is 27.9. The summed E-state index contributed by atoms with van der Waals surface area (Å²) in [5.74, 6) is 2.46. The second kappa shape index (κ2) is 36.6. The zero-order valence-electron chi connectivity index (χ0n) is 50.6. The van der Waals surface area contributed by atoms with Crippen molar-refractivity contribution in [2.24, 2.45) is 0 Å². The number of rotatable bonds is 22. The maximum Gasteiger partial charge on any atom is 0.0146 e. The normalized spacial score (nSPS) is 11.8. The van der Waals surface area contributed by atoms with Crippen LogP contribution in [0.2, 0.25) is 0 Å². The molecule has 12 nitrogen and oxygen atoms in total. The fourth-order valence-corrected chi connectivity index (χ4v) is 10.7. The summed E-state index contributed by atoms with van der Waals surface area (Å²) in [7, 11) is 12.0. The smallest absolute Gasteiger partial charge is 0.0146 e. The summed E-state index contributed by atoms with van der Waals surface area (Å²) in [6.07, 6.45) is 7.09. The van der Waals surface area contributed by atoms with E-state index in [0.29, 0.717) is 13.1 Å². The molecule has 81 heavy (non-hydrogen) atoms. The van der Waals surface area contributed by atoms with Gasteiger partial charge >= 0.3 is 157 Å². The van der Waals surface area contributed by atoms with Crippen LogP contribution in [0.4, 0.5) is 21.0 Å². The molecule has 5 aromatic carbocycles. The Kier molecular flexibility index (Phi) is 31.4. The van der Waals surface area contributed by atoms with Crippen molar-refractivity contribution in [3.8, 4) is 17.2 Å². The summed E-state index contributed by atoms with van der Waals surface area (Å²) in [5, 5.41) is 14.4. The third kappa shape index (κ3) is 25.0. The molecule has 15 heteroatoms. The molecular weight excluding hydrogens is 1150 g/mol. The maximum atomic E-state index is 11.6. The molecule has 1 aliphatic rings. The van der Waals surface area contributed by atoms with Crippen LogP contribution in [-0.2, 0) is 42.8 Å². The van der Waals surface area contributed by atoms with Crippen LogP contribution >= 0.6 is 19.4 Å². The minimum absolute atomic E-state index is 0.0444. The number of unbranched alkanes of at least 4 members (excludes halogenated alkanes) is 2. The van der Waals surface area contributed by atoms with E-state index in [1.54, 1.807) is 12.2 Å². The van der Waals surface area contributed by atoms with Crippen molar-refractivity contribution >= 4 is 59.7 Å². The second-order valence-corrected chi connectivity index (χ2v) is 26.5. The first-order valence-corrected chi connectivity index (χ1v) is 33.5. The molecule has 5 aromatic rings. The van der Waals surface area contributed by atoms with Gasteiger partial charge in [0.25, 0.3) is 0 Å². The van der Waals surface area contributed by atoms with Gasteiger partial charge in [-0.15, -0.1) is 0 Å². The Morgan fingerprint density at radius 3 is 1.41 bits per heavy atom. The Morgan fingerprint density at radius 1 is 0.642 bits per heavy atom. The number of alkyl carbamates (subject to hydrolysis) is 2. The molecule has 6 rings (SSSR count). The van der Waals surface area contributed by atoms with E-state index < -0.39 is 19.6 Å². The van der Waals surface area contributed by atoms with Gasteiger partial charge in [-0.05, 0) is 133 Å². The molecule has 0 atom stereocenters. The van der Waals surface area contributed by atoms with E-state index in [-0.39, 0.29) is 44.2 Å². The van der Waals surface area contributed by atoms with Crippen molar-refractivity contribution in [1.82, 2.24) is 10.6 Å². The van der Waals surface area contributed by atoms with Gasteiger partial charge in [0.1, 0.15) is 18.1 Å². The molecule has 1 aliphatic heterocycles. The van der Waals surface area contributed by atoms with Gasteiger partial charge in [-0.25, -0.2) is 4.79 Å². The third-order valence-electron chi connectivity index (χ3n) is 12.2. The molecule has 446 valence electrons. The molecule has 0 aliphatic carbocycles. The minimum atomic E-state index is -1.95. The van der Waals surface area contributed by atoms with Gasteiger partial charge in [-0.1, -0.05) is 86.2 Å². The molecule has 1 saturated heterocycles. The van der Waals surface area contributed by atoms with E-state index in [0.717, 1.165) is 89.4 Å². The number of halogens is 2. The summed E-state index contributed by atoms with van der Waals surface area (Å²) < 4.78 is 28.1. The number of anilines is 2. The number of ether oxygens (including phenoxy) is 5. The number of nitrogens with one attached hydrogen (secondary N) is 2. The first-order valence-electron chi connectivity index (χ1n) is 28.0. The maximum absolute atomic E-state index is 11.6. The standard InChI is InChI=1S/C21H27N2.C17H25NO3.C16H23NO3.C12H16O2.2ClH.Ru/c1-14-9-16(3)20(17(4)10-14)22-7-8-23(13-22)21-18(5)11-15(2)12-19(21)6;1-5-7-10-18-17(19)20-12-14-8-9-16(21-13(3)4)15(6-2)11-14;1-5-6-9-17-16(18)19-11-14-7-8-15(13(4)10-14)20-12(2)3;1-4-11-7-10(8-13)5-6-12(11)14-9(2)3;;;/h9-13H,7-8H2,1-6H3;6,8-9,11,13H,2,5,7,10,12H2,1,3-4H3,(H,18,19);4,7-8,10,12H,5-6,9,11H2,1-3H3,(H,17,18);4-7,9,13H,1,8H2,2-3H3;2*1H;/q-1;;;;;;+2/p-1. The van der Waals surface area contributed by atoms with Gasteiger partial charge in [-0.3, -0.25) is 0 Å². The number of carbonyl (C=O) groups is 2. The average molecular weight is 1240 g/mol. The third-order valence-corrected chi connectivity index (χ3v) is 14.1. The van der Waals surface area contributed by atoms with Crippen LogP contribution in [-0.4, -0.2) is 71.1 Å². The van der Waals surface area contributed by atoms with Crippen LogP contribution in [0.25, 0.3) is 12.2 Å². The number of hydrogen-bond donors (Lipinski definition) is 3. The molecule has 0 saturated carbocycles. The Hall–Kier alpha value is -5.85. The molecule has 0 unspecified atom stereocenters. The molecule has 0 spiro atoms. The predicted octanol–water partition coefficient (Wildman–Crippen LogP) is 16.2. The van der Waals surface area contributed by atoms with Gasteiger partial charge in [0.2, 0.25) is 0 Å². The predicted molar refractivity (Wildman–Crippen MR) is 337 cm³/mol. The summed E-state index contributed by atoms with van der Waals surface area (Å²) in [6, 6.07) is 26.1. The number of benzene rings is 5. The van der Waals surface area contributed by atoms with Crippen LogP contribution in [0.5, 0.6) is 17.2 Å². The van der Waals surface area contributed by atoms with Gasteiger partial charge in [0.15, 0.2) is 0 Å². The number of carbonyl (C=O) groups excluding carboxylic acids is 2. The van der Waals surface area contributed by atoms with Crippen LogP contribution in [0.3, 0.4) is 0 Å². The van der Waals surface area contributed by atoms with Crippen molar-refractivity contribution in [1.29, 1.82) is 0 Å². The largest absolute Gasteiger partial charge is 0.502 e. The number of aromatic hydroxyl groups is 1. The number of hydrogen-bond acceptors (Lipinski definition) is 9. The van der Waals surface area contributed by atoms with Crippen LogP contribution < -0.4 is 29.9 Å². The molecule has 1 heterocycles. The molecule has 1 fully saturated rings. The Bertz CT molecular complexity index is 2720. The summed E-state index contributed by atoms with van der Waals surface area (Å²) >= 11 is -1.95. The summed E-state index contributed by atoms with van der Waals surface area (Å²) in [6.45, 7) is 42.9. The van der Waals surface area contributed by atoms with E-state index in [9.17, 15) is 9.59 Å². The topological polar surface area (TPSA) is 135 Å². The van der Waals surface area contributed by atoms with Crippen molar-refractivity contribution in [3.05, 3.63) is 165 Å². The van der Waals surface area contributed by atoms with Crippen molar-refractivity contribution < 1.29 is 51.9 Å². The molecule has 0 radical (unpaired) electrons. The fraction of sp³-hybridized carbons (Fsp3) is 0.424. The van der Waals surface area contributed by atoms with Crippen LogP contribution in [0, 0.1) is 48.2 Å². The number of aliphatic hydroxyl groups is 2. The zero-order valence-corrected chi connectivity index (χ0v) is 53.8. The fourth-order valence-electron chi connectivity index (χ4n) is 8.90. The molecule has 0 bridgehead atoms. The van der Waals surface area contributed by atoms with Gasteiger partial charge in [-0.2, -0.15) is 6.67 Å². The monoisotopic (exact) mass is 1240 g/mol. The quantitative estimate of drug-likeness (QED) is 0.0268.